The van der Waals surface area contributed by atoms with Gasteiger partial charge in [-0.2, -0.15) is 5.26 Å². The predicted octanol–water partition coefficient (Wildman–Crippen LogP) is 1.86. The van der Waals surface area contributed by atoms with Crippen molar-refractivity contribution in [1.82, 2.24) is 4.90 Å². The molecule has 0 bridgehead atoms. The zero-order valence-electron chi connectivity index (χ0n) is 11.6. The Hall–Kier alpha value is -1.86. The molecular formula is C16H20N2O2. The average Bonchev–Trinajstić information content (AvgIpc) is 2.49. The molecule has 0 saturated carbocycles. The van der Waals surface area contributed by atoms with Crippen LogP contribution >= 0.6 is 0 Å². The molecule has 1 aromatic carbocycles. The summed E-state index contributed by atoms with van der Waals surface area (Å²) in [5, 5.41) is 17.9. The van der Waals surface area contributed by atoms with E-state index in [1.54, 1.807) is 12.1 Å². The van der Waals surface area contributed by atoms with Gasteiger partial charge in [0.1, 0.15) is 0 Å². The number of rotatable bonds is 4. The SMILES string of the molecule is N#Cc1ccc(CC(=O)N2CCCCC2CCO)cc1. The van der Waals surface area contributed by atoms with E-state index < -0.39 is 0 Å². The molecule has 1 unspecified atom stereocenters. The van der Waals surface area contributed by atoms with Crippen LogP contribution in [-0.4, -0.2) is 35.1 Å². The van der Waals surface area contributed by atoms with Gasteiger partial charge in [0.25, 0.3) is 0 Å². The Labute approximate surface area is 119 Å². The first-order valence-electron chi connectivity index (χ1n) is 7.14. The molecule has 2 rings (SSSR count). The fourth-order valence-corrected chi connectivity index (χ4v) is 2.75. The molecule has 1 amide bonds. The Balaban J connectivity index is 2.00. The first kappa shape index (κ1) is 14.5. The number of carbonyl (C=O) groups is 1. The lowest BCUT2D eigenvalue weighted by atomic mass is 9.98. The largest absolute Gasteiger partial charge is 0.396 e. The van der Waals surface area contributed by atoms with E-state index in [1.807, 2.05) is 17.0 Å². The number of benzene rings is 1. The second-order valence-electron chi connectivity index (χ2n) is 5.23. The van der Waals surface area contributed by atoms with Crippen LogP contribution in [0.25, 0.3) is 0 Å². The Kier molecular flexibility index (Phi) is 5.14. The topological polar surface area (TPSA) is 64.3 Å². The molecular weight excluding hydrogens is 252 g/mol. The van der Waals surface area contributed by atoms with Gasteiger partial charge < -0.3 is 10.0 Å². The molecule has 0 aliphatic carbocycles. The number of aliphatic hydroxyl groups is 1. The molecule has 20 heavy (non-hydrogen) atoms. The van der Waals surface area contributed by atoms with Gasteiger partial charge in [-0.1, -0.05) is 12.1 Å². The summed E-state index contributed by atoms with van der Waals surface area (Å²) in [5.74, 6) is 0.118. The maximum Gasteiger partial charge on any atom is 0.227 e. The molecule has 4 nitrogen and oxygen atoms in total. The normalized spacial score (nSPS) is 18.6. The van der Waals surface area contributed by atoms with Gasteiger partial charge in [0, 0.05) is 19.2 Å². The molecule has 0 spiro atoms. The smallest absolute Gasteiger partial charge is 0.227 e. The van der Waals surface area contributed by atoms with Crippen molar-refractivity contribution in [2.24, 2.45) is 0 Å². The fraction of sp³-hybridized carbons (Fsp3) is 0.500. The van der Waals surface area contributed by atoms with Gasteiger partial charge >= 0.3 is 0 Å². The third-order valence-electron chi connectivity index (χ3n) is 3.85. The molecule has 1 saturated heterocycles. The van der Waals surface area contributed by atoms with Crippen LogP contribution in [0.5, 0.6) is 0 Å². The van der Waals surface area contributed by atoms with Crippen LogP contribution in [-0.2, 0) is 11.2 Å². The quantitative estimate of drug-likeness (QED) is 0.910. The highest BCUT2D eigenvalue weighted by Crippen LogP contribution is 2.20. The summed E-state index contributed by atoms with van der Waals surface area (Å²) in [6.07, 6.45) is 4.19. The summed E-state index contributed by atoms with van der Waals surface area (Å²) in [6.45, 7) is 0.922. The minimum absolute atomic E-state index is 0.118. The van der Waals surface area contributed by atoms with Crippen molar-refractivity contribution in [1.29, 1.82) is 5.26 Å². The lowest BCUT2D eigenvalue weighted by Gasteiger charge is -2.35. The summed E-state index contributed by atoms with van der Waals surface area (Å²) >= 11 is 0. The molecule has 0 radical (unpaired) electrons. The van der Waals surface area contributed by atoms with Crippen molar-refractivity contribution >= 4 is 5.91 Å². The number of likely N-dealkylation sites (tertiary alicyclic amines) is 1. The molecule has 1 aromatic rings. The maximum absolute atomic E-state index is 12.4. The Morgan fingerprint density at radius 2 is 2.10 bits per heavy atom. The lowest BCUT2D eigenvalue weighted by Crippen LogP contribution is -2.44. The van der Waals surface area contributed by atoms with E-state index in [-0.39, 0.29) is 18.6 Å². The molecule has 1 aliphatic rings. The number of piperidine rings is 1. The summed E-state index contributed by atoms with van der Waals surface area (Å²) < 4.78 is 0. The standard InChI is InChI=1S/C16H20N2O2/c17-12-14-6-4-13(5-7-14)11-16(20)18-9-2-1-3-15(18)8-10-19/h4-7,15,19H,1-3,8-11H2. The molecule has 1 atom stereocenters. The monoisotopic (exact) mass is 272 g/mol. The molecule has 1 aliphatic heterocycles. The minimum atomic E-state index is 0.118. The van der Waals surface area contributed by atoms with E-state index in [1.165, 1.54) is 0 Å². The highest BCUT2D eigenvalue weighted by molar-refractivity contribution is 5.79. The van der Waals surface area contributed by atoms with E-state index in [0.29, 0.717) is 18.4 Å². The number of amides is 1. The fourth-order valence-electron chi connectivity index (χ4n) is 2.75. The van der Waals surface area contributed by atoms with Gasteiger partial charge in [-0.15, -0.1) is 0 Å². The molecule has 1 N–H and O–H groups in total. The number of hydrogen-bond donors (Lipinski definition) is 1. The number of hydrogen-bond acceptors (Lipinski definition) is 3. The first-order valence-corrected chi connectivity index (χ1v) is 7.14. The van der Waals surface area contributed by atoms with Crippen molar-refractivity contribution in [3.8, 4) is 6.07 Å². The highest BCUT2D eigenvalue weighted by Gasteiger charge is 2.25. The van der Waals surface area contributed by atoms with Gasteiger partial charge in [-0.3, -0.25) is 4.79 Å². The molecule has 1 heterocycles. The molecule has 0 aromatic heterocycles. The van der Waals surface area contributed by atoms with Crippen LogP contribution in [0.1, 0.15) is 36.8 Å². The van der Waals surface area contributed by atoms with Crippen LogP contribution < -0.4 is 0 Å². The summed E-state index contributed by atoms with van der Waals surface area (Å²) in [7, 11) is 0. The van der Waals surface area contributed by atoms with Gasteiger partial charge in [0.05, 0.1) is 18.1 Å². The highest BCUT2D eigenvalue weighted by atomic mass is 16.3. The number of carbonyl (C=O) groups excluding carboxylic acids is 1. The summed E-state index contributed by atoms with van der Waals surface area (Å²) in [6, 6.07) is 9.40. The van der Waals surface area contributed by atoms with Gasteiger partial charge in [-0.25, -0.2) is 0 Å². The number of aliphatic hydroxyl groups excluding tert-OH is 1. The van der Waals surface area contributed by atoms with Crippen LogP contribution in [0.15, 0.2) is 24.3 Å². The minimum Gasteiger partial charge on any atom is -0.396 e. The Morgan fingerprint density at radius 1 is 1.35 bits per heavy atom. The van der Waals surface area contributed by atoms with E-state index in [0.717, 1.165) is 31.4 Å². The molecule has 106 valence electrons. The zero-order valence-corrected chi connectivity index (χ0v) is 11.6. The average molecular weight is 272 g/mol. The molecule has 1 fully saturated rings. The lowest BCUT2D eigenvalue weighted by molar-refractivity contribution is -0.134. The van der Waals surface area contributed by atoms with Crippen molar-refractivity contribution < 1.29 is 9.90 Å². The maximum atomic E-state index is 12.4. The van der Waals surface area contributed by atoms with Crippen molar-refractivity contribution in [2.75, 3.05) is 13.2 Å². The van der Waals surface area contributed by atoms with E-state index in [9.17, 15) is 4.79 Å². The van der Waals surface area contributed by atoms with Crippen LogP contribution in [0.2, 0.25) is 0 Å². The van der Waals surface area contributed by atoms with Crippen molar-refractivity contribution in [3.05, 3.63) is 35.4 Å². The zero-order chi connectivity index (χ0) is 14.4. The van der Waals surface area contributed by atoms with Crippen molar-refractivity contribution in [2.45, 2.75) is 38.1 Å². The van der Waals surface area contributed by atoms with Crippen LogP contribution in [0.4, 0.5) is 0 Å². The second kappa shape index (κ2) is 7.06. The van der Waals surface area contributed by atoms with Crippen LogP contribution in [0, 0.1) is 11.3 Å². The Bertz CT molecular complexity index is 488. The number of nitriles is 1. The second-order valence-corrected chi connectivity index (χ2v) is 5.23. The number of nitrogens with zero attached hydrogens (tertiary/aromatic N) is 2. The Morgan fingerprint density at radius 3 is 2.75 bits per heavy atom. The van der Waals surface area contributed by atoms with Gasteiger partial charge in [0.15, 0.2) is 0 Å². The van der Waals surface area contributed by atoms with E-state index in [2.05, 4.69) is 6.07 Å². The summed E-state index contributed by atoms with van der Waals surface area (Å²) in [4.78, 5) is 14.3. The van der Waals surface area contributed by atoms with Crippen LogP contribution in [0.3, 0.4) is 0 Å². The third kappa shape index (κ3) is 3.58. The van der Waals surface area contributed by atoms with E-state index >= 15 is 0 Å². The van der Waals surface area contributed by atoms with Crippen molar-refractivity contribution in [3.63, 3.8) is 0 Å². The third-order valence-corrected chi connectivity index (χ3v) is 3.85. The molecule has 4 heteroatoms. The predicted molar refractivity (Wildman–Crippen MR) is 75.9 cm³/mol. The van der Waals surface area contributed by atoms with Gasteiger partial charge in [0.2, 0.25) is 5.91 Å². The van der Waals surface area contributed by atoms with Gasteiger partial charge in [-0.05, 0) is 43.4 Å². The first-order chi connectivity index (χ1) is 9.74. The summed E-state index contributed by atoms with van der Waals surface area (Å²) in [5.41, 5.74) is 1.54. The van der Waals surface area contributed by atoms with E-state index in [4.69, 9.17) is 10.4 Å².